The van der Waals surface area contributed by atoms with Gasteiger partial charge in [-0.15, -0.1) is 0 Å². The number of carbonyl (C=O) groups excluding carboxylic acids is 1. The molecule has 2 heterocycles. The standard InChI is InChI=1S/C19H15Cl2N5O/c1-11-16(18(27)25-13-5-3-2-4-6-13)17(26-19(24-11)22-10-23-26)12-7-8-14(20)15(21)9-12/h2-10,16-17H,1H2,(H,25,27)(H,22,23,24). The van der Waals surface area contributed by atoms with Gasteiger partial charge in [-0.3, -0.25) is 4.79 Å². The molecule has 136 valence electrons. The maximum Gasteiger partial charge on any atom is 0.235 e. The monoisotopic (exact) mass is 399 g/mol. The summed E-state index contributed by atoms with van der Waals surface area (Å²) in [5, 5.41) is 11.1. The summed E-state index contributed by atoms with van der Waals surface area (Å²) in [6.07, 6.45) is 1.43. The second kappa shape index (κ2) is 7.06. The highest BCUT2D eigenvalue weighted by atomic mass is 35.5. The van der Waals surface area contributed by atoms with Crippen molar-refractivity contribution in [3.05, 3.63) is 82.7 Å². The van der Waals surface area contributed by atoms with E-state index in [2.05, 4.69) is 27.3 Å². The first kappa shape index (κ1) is 17.6. The molecule has 27 heavy (non-hydrogen) atoms. The Morgan fingerprint density at radius 2 is 1.93 bits per heavy atom. The van der Waals surface area contributed by atoms with E-state index in [-0.39, 0.29) is 5.91 Å². The number of amides is 1. The molecule has 0 radical (unpaired) electrons. The summed E-state index contributed by atoms with van der Waals surface area (Å²) in [5.41, 5.74) is 2.01. The highest BCUT2D eigenvalue weighted by Crippen LogP contribution is 2.39. The molecule has 0 bridgehead atoms. The van der Waals surface area contributed by atoms with E-state index in [0.717, 1.165) is 5.56 Å². The second-order valence-corrected chi connectivity index (χ2v) is 6.94. The molecule has 2 unspecified atom stereocenters. The summed E-state index contributed by atoms with van der Waals surface area (Å²) in [6, 6.07) is 14.1. The summed E-state index contributed by atoms with van der Waals surface area (Å²) in [7, 11) is 0. The Morgan fingerprint density at radius 1 is 1.15 bits per heavy atom. The predicted molar refractivity (Wildman–Crippen MR) is 106 cm³/mol. The lowest BCUT2D eigenvalue weighted by Crippen LogP contribution is -2.39. The number of carbonyl (C=O) groups is 1. The largest absolute Gasteiger partial charge is 0.328 e. The van der Waals surface area contributed by atoms with Crippen LogP contribution in [0.15, 0.2) is 67.1 Å². The van der Waals surface area contributed by atoms with Gasteiger partial charge in [0, 0.05) is 11.4 Å². The van der Waals surface area contributed by atoms with Gasteiger partial charge < -0.3 is 10.6 Å². The number of hydrogen-bond donors (Lipinski definition) is 2. The quantitative estimate of drug-likeness (QED) is 0.685. The van der Waals surface area contributed by atoms with E-state index >= 15 is 0 Å². The zero-order valence-electron chi connectivity index (χ0n) is 14.1. The lowest BCUT2D eigenvalue weighted by atomic mass is 9.88. The van der Waals surface area contributed by atoms with Crippen LogP contribution in [0.5, 0.6) is 0 Å². The van der Waals surface area contributed by atoms with Gasteiger partial charge in [-0.1, -0.05) is 54.0 Å². The molecule has 1 aliphatic rings. The summed E-state index contributed by atoms with van der Waals surface area (Å²) in [5.74, 6) is -0.326. The average molecular weight is 400 g/mol. The number of halogens is 2. The highest BCUT2D eigenvalue weighted by molar-refractivity contribution is 6.42. The van der Waals surface area contributed by atoms with Crippen LogP contribution in [-0.4, -0.2) is 20.7 Å². The first-order chi connectivity index (χ1) is 13.0. The van der Waals surface area contributed by atoms with Gasteiger partial charge in [0.25, 0.3) is 0 Å². The Morgan fingerprint density at radius 3 is 2.67 bits per heavy atom. The number of nitrogens with zero attached hydrogens (tertiary/aromatic N) is 3. The zero-order valence-corrected chi connectivity index (χ0v) is 15.6. The molecule has 0 fully saturated rings. The summed E-state index contributed by atoms with van der Waals surface area (Å²) in [6.45, 7) is 4.04. The van der Waals surface area contributed by atoms with Gasteiger partial charge >= 0.3 is 0 Å². The lowest BCUT2D eigenvalue weighted by molar-refractivity contribution is -0.119. The van der Waals surface area contributed by atoms with Gasteiger partial charge in [0.2, 0.25) is 11.9 Å². The van der Waals surface area contributed by atoms with Gasteiger partial charge in [-0.05, 0) is 29.8 Å². The molecule has 4 rings (SSSR count). The Hall–Kier alpha value is -2.83. The van der Waals surface area contributed by atoms with E-state index in [1.807, 2.05) is 36.4 Å². The van der Waals surface area contributed by atoms with Gasteiger partial charge in [-0.25, -0.2) is 4.68 Å². The molecule has 1 aliphatic heterocycles. The molecule has 0 saturated carbocycles. The van der Waals surface area contributed by atoms with Crippen molar-refractivity contribution in [1.29, 1.82) is 0 Å². The van der Waals surface area contributed by atoms with Crippen LogP contribution >= 0.6 is 23.2 Å². The van der Waals surface area contributed by atoms with Crippen molar-refractivity contribution in [2.24, 2.45) is 5.92 Å². The van der Waals surface area contributed by atoms with Gasteiger partial charge in [0.1, 0.15) is 12.2 Å². The predicted octanol–water partition coefficient (Wildman–Crippen LogP) is 4.37. The van der Waals surface area contributed by atoms with E-state index in [9.17, 15) is 4.79 Å². The van der Waals surface area contributed by atoms with Crippen LogP contribution < -0.4 is 10.6 Å². The molecule has 2 aromatic carbocycles. The maximum absolute atomic E-state index is 13.1. The van der Waals surface area contributed by atoms with Crippen molar-refractivity contribution in [3.63, 3.8) is 0 Å². The van der Waals surface area contributed by atoms with Crippen molar-refractivity contribution >= 4 is 40.7 Å². The molecule has 0 spiro atoms. The number of nitrogens with one attached hydrogen (secondary N) is 2. The third kappa shape index (κ3) is 3.29. The molecule has 0 saturated heterocycles. The van der Waals surface area contributed by atoms with Crippen molar-refractivity contribution < 1.29 is 4.79 Å². The van der Waals surface area contributed by atoms with E-state index in [4.69, 9.17) is 23.2 Å². The summed E-state index contributed by atoms with van der Waals surface area (Å²) < 4.78 is 1.66. The normalized spacial score (nSPS) is 18.5. The zero-order chi connectivity index (χ0) is 19.0. The Labute approximate surface area is 165 Å². The van der Waals surface area contributed by atoms with Crippen molar-refractivity contribution in [2.75, 3.05) is 10.6 Å². The summed E-state index contributed by atoms with van der Waals surface area (Å²) in [4.78, 5) is 17.3. The fourth-order valence-electron chi connectivity index (χ4n) is 3.17. The van der Waals surface area contributed by atoms with Crippen LogP contribution in [-0.2, 0) is 4.79 Å². The Balaban J connectivity index is 1.76. The number of hydrogen-bond acceptors (Lipinski definition) is 4. The smallest absolute Gasteiger partial charge is 0.235 e. The minimum Gasteiger partial charge on any atom is -0.328 e. The molecule has 2 atom stereocenters. The second-order valence-electron chi connectivity index (χ2n) is 6.13. The molecule has 3 aromatic rings. The lowest BCUT2D eigenvalue weighted by Gasteiger charge is -2.33. The third-order valence-corrected chi connectivity index (χ3v) is 5.15. The number of rotatable bonds is 3. The number of fused-ring (bicyclic) bond motifs is 1. The topological polar surface area (TPSA) is 71.8 Å². The first-order valence-electron chi connectivity index (χ1n) is 8.21. The van der Waals surface area contributed by atoms with E-state index in [1.165, 1.54) is 6.33 Å². The molecular weight excluding hydrogens is 385 g/mol. The molecule has 6 nitrogen and oxygen atoms in total. The Bertz CT molecular complexity index is 1020. The van der Waals surface area contributed by atoms with Crippen LogP contribution in [0.2, 0.25) is 10.0 Å². The highest BCUT2D eigenvalue weighted by Gasteiger charge is 2.39. The van der Waals surface area contributed by atoms with Crippen LogP contribution in [0, 0.1) is 5.92 Å². The molecule has 0 aliphatic carbocycles. The third-order valence-electron chi connectivity index (χ3n) is 4.41. The average Bonchev–Trinajstić information content (AvgIpc) is 3.11. The van der Waals surface area contributed by atoms with Crippen LogP contribution in [0.3, 0.4) is 0 Å². The van der Waals surface area contributed by atoms with Crippen molar-refractivity contribution in [2.45, 2.75) is 6.04 Å². The Kier molecular flexibility index (Phi) is 4.59. The minimum absolute atomic E-state index is 0.212. The van der Waals surface area contributed by atoms with Gasteiger partial charge in [-0.2, -0.15) is 10.1 Å². The van der Waals surface area contributed by atoms with Gasteiger partial charge in [0.05, 0.1) is 16.1 Å². The van der Waals surface area contributed by atoms with E-state index in [0.29, 0.717) is 27.4 Å². The number of para-hydroxylation sites is 1. The number of benzene rings is 2. The SMILES string of the molecule is C=C1Nc2ncnn2C(c2ccc(Cl)c(Cl)c2)C1C(=O)Nc1ccccc1. The molecule has 1 aromatic heterocycles. The number of anilines is 2. The molecule has 1 amide bonds. The van der Waals surface area contributed by atoms with Crippen LogP contribution in [0.25, 0.3) is 0 Å². The molecule has 2 N–H and O–H groups in total. The van der Waals surface area contributed by atoms with Crippen LogP contribution in [0.4, 0.5) is 11.6 Å². The van der Waals surface area contributed by atoms with Gasteiger partial charge in [0.15, 0.2) is 0 Å². The fraction of sp³-hybridized carbons (Fsp3) is 0.105. The summed E-state index contributed by atoms with van der Waals surface area (Å²) >= 11 is 12.3. The van der Waals surface area contributed by atoms with Crippen molar-refractivity contribution in [1.82, 2.24) is 14.8 Å². The van der Waals surface area contributed by atoms with Crippen molar-refractivity contribution in [3.8, 4) is 0 Å². The van der Waals surface area contributed by atoms with E-state index in [1.54, 1.807) is 16.8 Å². The minimum atomic E-state index is -0.628. The molecule has 8 heteroatoms. The first-order valence-corrected chi connectivity index (χ1v) is 8.96. The number of aromatic nitrogens is 3. The molecular formula is C19H15Cl2N5O. The van der Waals surface area contributed by atoms with Crippen LogP contribution in [0.1, 0.15) is 11.6 Å². The van der Waals surface area contributed by atoms with E-state index < -0.39 is 12.0 Å². The maximum atomic E-state index is 13.1. The fourth-order valence-corrected chi connectivity index (χ4v) is 3.48.